The normalized spacial score (nSPS) is 14.4. The molecule has 1 aromatic heterocycles. The molecule has 0 fully saturated rings. The van der Waals surface area contributed by atoms with E-state index in [1.54, 1.807) is 0 Å². The first-order valence-electron chi connectivity index (χ1n) is 18.6. The third kappa shape index (κ3) is 5.41. The largest absolute Gasteiger partial charge is 0.438 e. The van der Waals surface area contributed by atoms with Gasteiger partial charge < -0.3 is 10.3 Å². The summed E-state index contributed by atoms with van der Waals surface area (Å²) in [5.74, 6) is 1.36. The molecule has 0 aliphatic carbocycles. The van der Waals surface area contributed by atoms with Gasteiger partial charge in [-0.15, -0.1) is 11.3 Å². The van der Waals surface area contributed by atoms with Gasteiger partial charge in [-0.05, 0) is 102 Å². The van der Waals surface area contributed by atoms with Crippen molar-refractivity contribution < 1.29 is 0 Å². The first-order chi connectivity index (χ1) is 27.2. The Morgan fingerprint density at radius 2 is 0.982 bits per heavy atom. The highest BCUT2D eigenvalue weighted by Gasteiger charge is 2.19. The van der Waals surface area contributed by atoms with E-state index in [0.717, 1.165) is 33.4 Å². The molecule has 4 heteroatoms. The third-order valence-corrected chi connectivity index (χ3v) is 12.0. The average Bonchev–Trinajstić information content (AvgIpc) is 3.66. The van der Waals surface area contributed by atoms with Crippen LogP contribution in [0.15, 0.2) is 198 Å². The van der Waals surface area contributed by atoms with Crippen LogP contribution in [0.25, 0.3) is 80.1 Å². The van der Waals surface area contributed by atoms with Crippen LogP contribution in [0, 0.1) is 0 Å². The first-order valence-corrected chi connectivity index (χ1v) is 19.4. The fourth-order valence-corrected chi connectivity index (χ4v) is 9.44. The highest BCUT2D eigenvalue weighted by Crippen LogP contribution is 2.44. The van der Waals surface area contributed by atoms with Gasteiger partial charge in [0.05, 0.1) is 12.0 Å². The maximum atomic E-state index is 5.25. The Balaban J connectivity index is 1.15. The fraction of sp³-hybridized carbons (Fsp3) is 0.0196. The Hall–Kier alpha value is -6.88. The van der Waals surface area contributed by atoms with Crippen LogP contribution in [0.2, 0.25) is 0 Å². The van der Waals surface area contributed by atoms with Gasteiger partial charge in [0, 0.05) is 20.2 Å². The topological polar surface area (TPSA) is 38.8 Å². The molecule has 0 radical (unpaired) electrons. The lowest BCUT2D eigenvalue weighted by Crippen LogP contribution is -2.16. The number of fused-ring (bicyclic) bond motifs is 9. The van der Waals surface area contributed by atoms with E-state index in [-0.39, 0.29) is 0 Å². The highest BCUT2D eigenvalue weighted by molar-refractivity contribution is 7.26. The zero-order chi connectivity index (χ0) is 36.3. The van der Waals surface area contributed by atoms with Gasteiger partial charge in [0.25, 0.3) is 0 Å². The lowest BCUT2D eigenvalue weighted by molar-refractivity contribution is 0.878. The Morgan fingerprint density at radius 3 is 1.71 bits per heavy atom. The van der Waals surface area contributed by atoms with Gasteiger partial charge in [-0.2, -0.15) is 0 Å². The maximum absolute atomic E-state index is 5.25. The van der Waals surface area contributed by atoms with E-state index in [2.05, 4.69) is 152 Å². The van der Waals surface area contributed by atoms with Crippen LogP contribution in [0.1, 0.15) is 22.9 Å². The van der Waals surface area contributed by atoms with Crippen molar-refractivity contribution in [1.29, 1.82) is 0 Å². The molecule has 1 atom stereocenters. The molecule has 3 nitrogen and oxygen atoms in total. The number of thiophene rings is 1. The van der Waals surface area contributed by atoms with Gasteiger partial charge in [0.2, 0.25) is 0 Å². The maximum Gasteiger partial charge on any atom is 0.0822 e. The molecule has 0 saturated heterocycles. The monoisotopic (exact) mass is 718 g/mol. The molecule has 9 aromatic carbocycles. The first kappa shape index (κ1) is 31.6. The van der Waals surface area contributed by atoms with Gasteiger partial charge in [0.15, 0.2) is 0 Å². The van der Waals surface area contributed by atoms with Crippen LogP contribution in [0.4, 0.5) is 0 Å². The summed E-state index contributed by atoms with van der Waals surface area (Å²) in [6.45, 7) is 0. The molecule has 1 aliphatic rings. The van der Waals surface area contributed by atoms with Gasteiger partial charge >= 0.3 is 0 Å². The van der Waals surface area contributed by atoms with Crippen LogP contribution in [0.3, 0.4) is 0 Å². The zero-order valence-electron chi connectivity index (χ0n) is 29.7. The molecule has 0 N–H and O–H groups in total. The predicted molar refractivity (Wildman–Crippen MR) is 235 cm³/mol. The Bertz CT molecular complexity index is 3140. The van der Waals surface area contributed by atoms with E-state index in [4.69, 9.17) is 15.3 Å². The smallest absolute Gasteiger partial charge is 0.0822 e. The number of hydrogen-bond acceptors (Lipinski definition) is 3. The van der Waals surface area contributed by atoms with Crippen LogP contribution in [0.5, 0.6) is 0 Å². The van der Waals surface area contributed by atoms with E-state index < -0.39 is 6.17 Å². The van der Waals surface area contributed by atoms with Crippen molar-refractivity contribution in [3.05, 3.63) is 210 Å². The van der Waals surface area contributed by atoms with Gasteiger partial charge in [-0.25, -0.2) is 0 Å². The fourth-order valence-electron chi connectivity index (χ4n) is 8.20. The molecule has 1 unspecified atom stereocenters. The van der Waals surface area contributed by atoms with Crippen molar-refractivity contribution in [3.8, 4) is 22.3 Å². The minimum absolute atomic E-state index is 0.492. The minimum Gasteiger partial charge on any atom is -0.438 e. The quantitative estimate of drug-likeness (QED) is 0.159. The van der Waals surface area contributed by atoms with Crippen LogP contribution >= 0.6 is 11.3 Å². The number of amidine groups is 2. The van der Waals surface area contributed by atoms with Crippen molar-refractivity contribution in [2.24, 2.45) is 9.98 Å². The molecule has 258 valence electrons. The van der Waals surface area contributed by atoms with Crippen molar-refractivity contribution in [3.63, 3.8) is 0 Å². The van der Waals surface area contributed by atoms with E-state index in [1.165, 1.54) is 58.1 Å². The summed E-state index contributed by atoms with van der Waals surface area (Å²) in [5.41, 5.74) is 7.58. The second-order valence-corrected chi connectivity index (χ2v) is 15.2. The molecule has 0 saturated carbocycles. The van der Waals surface area contributed by atoms with E-state index in [1.807, 2.05) is 47.7 Å². The number of aliphatic imine (C=N–C) groups is 2. The van der Waals surface area contributed by atoms with Crippen molar-refractivity contribution in [2.75, 3.05) is 0 Å². The molecular formula is C51H32N3S-. The summed E-state index contributed by atoms with van der Waals surface area (Å²) >= 11 is 1.86. The Labute approximate surface area is 322 Å². The highest BCUT2D eigenvalue weighted by atomic mass is 32.1. The van der Waals surface area contributed by atoms with Crippen molar-refractivity contribution >= 4 is 75.5 Å². The third-order valence-electron chi connectivity index (χ3n) is 10.8. The van der Waals surface area contributed by atoms with E-state index in [0.29, 0.717) is 11.7 Å². The summed E-state index contributed by atoms with van der Waals surface area (Å²) in [6.07, 6.45) is -0.492. The predicted octanol–water partition coefficient (Wildman–Crippen LogP) is 14.1. The molecule has 0 spiro atoms. The summed E-state index contributed by atoms with van der Waals surface area (Å²) in [5, 5.41) is 15.4. The van der Waals surface area contributed by atoms with E-state index >= 15 is 0 Å². The average molecular weight is 719 g/mol. The van der Waals surface area contributed by atoms with Crippen LogP contribution in [-0.2, 0) is 0 Å². The second-order valence-electron chi connectivity index (χ2n) is 14.1. The van der Waals surface area contributed by atoms with Crippen molar-refractivity contribution in [1.82, 2.24) is 0 Å². The number of hydrogen-bond donors (Lipinski definition) is 0. The summed E-state index contributed by atoms with van der Waals surface area (Å²) in [7, 11) is 0. The minimum atomic E-state index is -0.492. The lowest BCUT2D eigenvalue weighted by atomic mass is 9.90. The molecule has 11 rings (SSSR count). The standard InChI is InChI=1S/C51H32N3S/c1-3-14-32(15-4-1)49-52-50(33-16-5-2-6-17-33)54-51(53-49)37-29-35(28-36(30-37)38-23-13-24-45-44-22-11-12-25-47(44)55-48(38)45)34-26-27-43-41-20-8-7-18-39(41)40-19-9-10-21-42(40)46(43)31-34/h1-31,51H/q-1. The molecular weight excluding hydrogens is 687 g/mol. The van der Waals surface area contributed by atoms with Gasteiger partial charge in [-0.1, -0.05) is 164 Å². The summed E-state index contributed by atoms with van der Waals surface area (Å²) in [4.78, 5) is 10.3. The molecule has 0 amide bonds. The van der Waals surface area contributed by atoms with Crippen LogP contribution in [-0.4, -0.2) is 11.7 Å². The number of nitrogens with zero attached hydrogens (tertiary/aromatic N) is 3. The van der Waals surface area contributed by atoms with Crippen molar-refractivity contribution in [2.45, 2.75) is 6.17 Å². The number of rotatable bonds is 5. The van der Waals surface area contributed by atoms with Gasteiger partial charge in [-0.3, -0.25) is 4.99 Å². The molecule has 10 aromatic rings. The Morgan fingerprint density at radius 1 is 0.400 bits per heavy atom. The van der Waals surface area contributed by atoms with Crippen LogP contribution < -0.4 is 0 Å². The molecule has 2 heterocycles. The Kier molecular flexibility index (Phi) is 7.42. The SMILES string of the molecule is c1ccc(C2=NC(c3cc(-c4ccc5c6ccccc6c6ccccc6c5c4)cc(-c4cccc5c4sc4ccccc45)c3)[N-]C(c3ccccc3)=N2)cc1. The van der Waals surface area contributed by atoms with E-state index in [9.17, 15) is 0 Å². The summed E-state index contributed by atoms with van der Waals surface area (Å²) in [6, 6.07) is 67.3. The second kappa shape index (κ2) is 12.9. The molecule has 0 bridgehead atoms. The molecule has 55 heavy (non-hydrogen) atoms. The number of benzene rings is 9. The van der Waals surface area contributed by atoms with Gasteiger partial charge in [0.1, 0.15) is 0 Å². The zero-order valence-corrected chi connectivity index (χ0v) is 30.5. The summed E-state index contributed by atoms with van der Waals surface area (Å²) < 4.78 is 2.57. The lowest BCUT2D eigenvalue weighted by Gasteiger charge is -2.33. The molecule has 1 aliphatic heterocycles.